The Morgan fingerprint density at radius 3 is 2.38 bits per heavy atom. The molecule has 0 atom stereocenters. The fraction of sp³-hybridized carbons (Fsp3) is 0.125. The molecule has 0 saturated heterocycles. The molecular weight excluding hydrogens is 351 g/mol. The first kappa shape index (κ1) is 17.4. The fourth-order valence-corrected chi connectivity index (χ4v) is 2.26. The van der Waals surface area contributed by atoms with Gasteiger partial charge in [0.1, 0.15) is 0 Å². The zero-order chi connectivity index (χ0) is 18.9. The monoisotopic (exact) mass is 363 g/mol. The first-order valence-electron chi connectivity index (χ1n) is 7.30. The van der Waals surface area contributed by atoms with Gasteiger partial charge in [-0.05, 0) is 47.7 Å². The molecule has 3 aromatic rings. The lowest BCUT2D eigenvalue weighted by atomic mass is 10.1. The van der Waals surface area contributed by atoms with E-state index in [-0.39, 0.29) is 11.4 Å². The number of hydrogen-bond donors (Lipinski definition) is 2. The van der Waals surface area contributed by atoms with Crippen LogP contribution in [0.25, 0.3) is 11.4 Å². The molecule has 0 saturated carbocycles. The molecule has 0 fully saturated rings. The van der Waals surface area contributed by atoms with E-state index < -0.39 is 17.7 Å². The minimum absolute atomic E-state index is 0.0189. The summed E-state index contributed by atoms with van der Waals surface area (Å²) in [7, 11) is 1.56. The van der Waals surface area contributed by atoms with Crippen molar-refractivity contribution in [3.63, 3.8) is 0 Å². The van der Waals surface area contributed by atoms with Crippen LogP contribution in [0.2, 0.25) is 0 Å². The van der Waals surface area contributed by atoms with Crippen LogP contribution in [0.3, 0.4) is 0 Å². The van der Waals surface area contributed by atoms with Crippen molar-refractivity contribution in [2.45, 2.75) is 6.18 Å². The smallest absolute Gasteiger partial charge is 0.416 e. The van der Waals surface area contributed by atoms with E-state index in [1.54, 1.807) is 7.05 Å². The average Bonchev–Trinajstić information content (AvgIpc) is 3.01. The van der Waals surface area contributed by atoms with Crippen molar-refractivity contribution in [2.24, 2.45) is 7.05 Å². The molecule has 0 radical (unpaired) electrons. The number of nitrogens with zero attached hydrogens (tertiary/aromatic N) is 4. The third kappa shape index (κ3) is 3.63. The summed E-state index contributed by atoms with van der Waals surface area (Å²) in [5, 5.41) is 23.7. The molecule has 1 aromatic heterocycles. The van der Waals surface area contributed by atoms with Crippen LogP contribution in [-0.4, -0.2) is 31.3 Å². The van der Waals surface area contributed by atoms with Crippen LogP contribution in [0.1, 0.15) is 15.9 Å². The highest BCUT2D eigenvalue weighted by molar-refractivity contribution is 5.91. The second-order valence-electron chi connectivity index (χ2n) is 5.37. The Hall–Kier alpha value is -3.43. The van der Waals surface area contributed by atoms with Gasteiger partial charge in [-0.15, -0.1) is 10.2 Å². The first-order valence-corrected chi connectivity index (χ1v) is 7.30. The number of halogens is 3. The number of alkyl halides is 3. The number of nitrogens with one attached hydrogen (secondary N) is 1. The molecule has 0 unspecified atom stereocenters. The standard InChI is InChI=1S/C16H12F3N5O2/c1-24-22-14(21-23-24)12-8-9(15(25)26)2-7-13(12)20-11-5-3-10(4-6-11)16(17,18)19/h2-8,20H,1H3,(H,25,26). The van der Waals surface area contributed by atoms with E-state index >= 15 is 0 Å². The molecular formula is C16H12F3N5O2. The van der Waals surface area contributed by atoms with Crippen LogP contribution in [0.15, 0.2) is 42.5 Å². The second kappa shape index (κ2) is 6.47. The third-order valence-electron chi connectivity index (χ3n) is 3.51. The number of carboxylic acids is 1. The summed E-state index contributed by atoms with van der Waals surface area (Å²) in [5.74, 6) is -0.943. The number of tetrazole rings is 1. The van der Waals surface area contributed by atoms with Gasteiger partial charge >= 0.3 is 12.1 Å². The number of aromatic carboxylic acids is 1. The number of anilines is 2. The normalized spacial score (nSPS) is 11.4. The minimum atomic E-state index is -4.42. The van der Waals surface area contributed by atoms with Gasteiger partial charge in [-0.3, -0.25) is 0 Å². The summed E-state index contributed by atoms with van der Waals surface area (Å²) in [6.45, 7) is 0. The summed E-state index contributed by atoms with van der Waals surface area (Å²) < 4.78 is 38.0. The fourth-order valence-electron chi connectivity index (χ4n) is 2.26. The molecule has 2 N–H and O–H groups in total. The van der Waals surface area contributed by atoms with Crippen molar-refractivity contribution in [3.05, 3.63) is 53.6 Å². The van der Waals surface area contributed by atoms with Gasteiger partial charge in [-0.1, -0.05) is 0 Å². The molecule has 1 heterocycles. The van der Waals surface area contributed by atoms with Gasteiger partial charge in [-0.2, -0.15) is 18.0 Å². The predicted molar refractivity (Wildman–Crippen MR) is 85.9 cm³/mol. The Morgan fingerprint density at radius 1 is 1.15 bits per heavy atom. The zero-order valence-corrected chi connectivity index (χ0v) is 13.3. The number of carbonyl (C=O) groups is 1. The van der Waals surface area contributed by atoms with E-state index in [1.165, 1.54) is 35.1 Å². The molecule has 0 aliphatic rings. The van der Waals surface area contributed by atoms with Gasteiger partial charge in [-0.25, -0.2) is 4.79 Å². The molecule has 7 nitrogen and oxygen atoms in total. The Morgan fingerprint density at radius 2 is 1.85 bits per heavy atom. The number of aryl methyl sites for hydroxylation is 1. The molecule has 0 spiro atoms. The van der Waals surface area contributed by atoms with E-state index in [4.69, 9.17) is 5.11 Å². The third-order valence-corrected chi connectivity index (χ3v) is 3.51. The minimum Gasteiger partial charge on any atom is -0.478 e. The second-order valence-corrected chi connectivity index (χ2v) is 5.37. The summed E-state index contributed by atoms with van der Waals surface area (Å²) >= 11 is 0. The van der Waals surface area contributed by atoms with Crippen LogP contribution in [0.4, 0.5) is 24.5 Å². The topological polar surface area (TPSA) is 92.9 Å². The van der Waals surface area contributed by atoms with E-state index in [0.29, 0.717) is 16.9 Å². The Bertz CT molecular complexity index is 951. The Balaban J connectivity index is 1.98. The number of rotatable bonds is 4. The quantitative estimate of drug-likeness (QED) is 0.739. The summed E-state index contributed by atoms with van der Waals surface area (Å²) in [6.07, 6.45) is -4.42. The molecule has 10 heteroatoms. The first-order chi connectivity index (χ1) is 12.2. The highest BCUT2D eigenvalue weighted by Crippen LogP contribution is 2.32. The van der Waals surface area contributed by atoms with E-state index in [1.807, 2.05) is 0 Å². The van der Waals surface area contributed by atoms with E-state index in [2.05, 4.69) is 20.7 Å². The summed E-state index contributed by atoms with van der Waals surface area (Å²) in [4.78, 5) is 12.4. The van der Waals surface area contributed by atoms with Crippen molar-refractivity contribution in [3.8, 4) is 11.4 Å². The molecule has 3 rings (SSSR count). The number of hydrogen-bond acceptors (Lipinski definition) is 5. The van der Waals surface area contributed by atoms with Crippen LogP contribution >= 0.6 is 0 Å². The van der Waals surface area contributed by atoms with Gasteiger partial charge in [0.25, 0.3) is 0 Å². The predicted octanol–water partition coefficient (Wildman–Crippen LogP) is 3.34. The molecule has 0 amide bonds. The van der Waals surface area contributed by atoms with Crippen LogP contribution in [0, 0.1) is 0 Å². The maximum Gasteiger partial charge on any atom is 0.416 e. The summed E-state index contributed by atoms with van der Waals surface area (Å²) in [5.41, 5.74) is 0.442. The van der Waals surface area contributed by atoms with Gasteiger partial charge in [0.2, 0.25) is 5.82 Å². The lowest BCUT2D eigenvalue weighted by molar-refractivity contribution is -0.137. The van der Waals surface area contributed by atoms with Crippen molar-refractivity contribution >= 4 is 17.3 Å². The number of aromatic nitrogens is 4. The van der Waals surface area contributed by atoms with Gasteiger partial charge in [0.15, 0.2) is 0 Å². The Kier molecular flexibility index (Phi) is 4.33. The lowest BCUT2D eigenvalue weighted by Crippen LogP contribution is -2.04. The molecule has 26 heavy (non-hydrogen) atoms. The van der Waals surface area contributed by atoms with Crippen molar-refractivity contribution in [1.29, 1.82) is 0 Å². The van der Waals surface area contributed by atoms with Crippen molar-refractivity contribution < 1.29 is 23.1 Å². The van der Waals surface area contributed by atoms with E-state index in [0.717, 1.165) is 12.1 Å². The largest absolute Gasteiger partial charge is 0.478 e. The maximum atomic E-state index is 12.7. The SMILES string of the molecule is Cn1nnc(-c2cc(C(=O)O)ccc2Nc2ccc(C(F)(F)F)cc2)n1. The molecule has 0 aliphatic heterocycles. The molecule has 2 aromatic carbocycles. The van der Waals surface area contributed by atoms with Gasteiger partial charge in [0, 0.05) is 16.9 Å². The molecule has 0 aliphatic carbocycles. The zero-order valence-electron chi connectivity index (χ0n) is 13.3. The average molecular weight is 363 g/mol. The highest BCUT2D eigenvalue weighted by Gasteiger charge is 2.30. The highest BCUT2D eigenvalue weighted by atomic mass is 19.4. The van der Waals surface area contributed by atoms with Gasteiger partial charge in [0.05, 0.1) is 18.2 Å². The maximum absolute atomic E-state index is 12.7. The van der Waals surface area contributed by atoms with Crippen molar-refractivity contribution in [2.75, 3.05) is 5.32 Å². The Labute approximate surface area is 145 Å². The number of carboxylic acid groups (broad SMARTS) is 1. The molecule has 134 valence electrons. The van der Waals surface area contributed by atoms with Crippen molar-refractivity contribution in [1.82, 2.24) is 20.2 Å². The van der Waals surface area contributed by atoms with Crippen LogP contribution in [0.5, 0.6) is 0 Å². The lowest BCUT2D eigenvalue weighted by Gasteiger charge is -2.12. The number of benzene rings is 2. The van der Waals surface area contributed by atoms with Crippen LogP contribution < -0.4 is 5.32 Å². The summed E-state index contributed by atoms with van der Waals surface area (Å²) in [6, 6.07) is 8.69. The van der Waals surface area contributed by atoms with Gasteiger partial charge < -0.3 is 10.4 Å². The van der Waals surface area contributed by atoms with Crippen LogP contribution in [-0.2, 0) is 13.2 Å². The molecule has 0 bridgehead atoms. The van der Waals surface area contributed by atoms with E-state index in [9.17, 15) is 18.0 Å².